The minimum Gasteiger partial charge on any atom is -0.306 e. The summed E-state index contributed by atoms with van der Waals surface area (Å²) in [6.07, 6.45) is 1.09. The Labute approximate surface area is 148 Å². The molecule has 2 aromatic carbocycles. The van der Waals surface area contributed by atoms with Crippen molar-refractivity contribution in [3.63, 3.8) is 0 Å². The minimum atomic E-state index is 0.136. The highest BCUT2D eigenvalue weighted by Gasteiger charge is 2.15. The first-order valence-corrected chi connectivity index (χ1v) is 8.93. The van der Waals surface area contributed by atoms with Crippen LogP contribution < -0.4 is 5.32 Å². The second kappa shape index (κ2) is 7.77. The highest BCUT2D eigenvalue weighted by atomic mass is 79.9. The molecule has 1 N–H and O–H groups in total. The van der Waals surface area contributed by atoms with E-state index in [1.807, 2.05) is 13.0 Å². The van der Waals surface area contributed by atoms with E-state index in [1.54, 1.807) is 0 Å². The normalized spacial score (nSPS) is 12.4. The van der Waals surface area contributed by atoms with Crippen molar-refractivity contribution >= 4 is 43.5 Å². The van der Waals surface area contributed by atoms with Crippen molar-refractivity contribution < 1.29 is 0 Å². The predicted molar refractivity (Wildman–Crippen MR) is 98.2 cm³/mol. The Hall–Kier alpha value is -0.350. The van der Waals surface area contributed by atoms with E-state index in [9.17, 15) is 0 Å². The summed E-state index contributed by atoms with van der Waals surface area (Å²) in [7, 11) is 0. The quantitative estimate of drug-likeness (QED) is 0.589. The van der Waals surface area contributed by atoms with Crippen molar-refractivity contribution in [1.82, 2.24) is 5.32 Å². The summed E-state index contributed by atoms with van der Waals surface area (Å²) in [5.41, 5.74) is 3.50. The molecule has 0 aliphatic carbocycles. The Balaban J connectivity index is 2.43. The summed E-state index contributed by atoms with van der Waals surface area (Å²) in [5, 5.41) is 4.41. The zero-order valence-electron chi connectivity index (χ0n) is 12.1. The van der Waals surface area contributed by atoms with Crippen LogP contribution in [-0.4, -0.2) is 6.54 Å². The summed E-state index contributed by atoms with van der Waals surface area (Å²) < 4.78 is 2.13. The largest absolute Gasteiger partial charge is 0.306 e. The molecule has 0 saturated heterocycles. The van der Waals surface area contributed by atoms with E-state index in [-0.39, 0.29) is 6.04 Å². The summed E-state index contributed by atoms with van der Waals surface area (Å²) in [5.74, 6) is 0. The zero-order chi connectivity index (χ0) is 15.4. The van der Waals surface area contributed by atoms with Gasteiger partial charge in [-0.25, -0.2) is 0 Å². The Morgan fingerprint density at radius 2 is 1.71 bits per heavy atom. The van der Waals surface area contributed by atoms with Crippen molar-refractivity contribution in [3.05, 3.63) is 67.1 Å². The van der Waals surface area contributed by atoms with Gasteiger partial charge in [-0.2, -0.15) is 0 Å². The van der Waals surface area contributed by atoms with Gasteiger partial charge in [0.05, 0.1) is 6.04 Å². The molecule has 112 valence electrons. The van der Waals surface area contributed by atoms with E-state index < -0.39 is 0 Å². The molecule has 1 unspecified atom stereocenters. The molecule has 0 bridgehead atoms. The number of hydrogen-bond donors (Lipinski definition) is 1. The van der Waals surface area contributed by atoms with Gasteiger partial charge in [0.1, 0.15) is 0 Å². The fraction of sp³-hybridized carbons (Fsp3) is 0.294. The minimum absolute atomic E-state index is 0.136. The summed E-state index contributed by atoms with van der Waals surface area (Å²) in [6, 6.07) is 12.7. The van der Waals surface area contributed by atoms with Gasteiger partial charge in [-0.3, -0.25) is 0 Å². The van der Waals surface area contributed by atoms with Crippen LogP contribution in [0, 0.1) is 6.92 Å². The molecule has 2 rings (SSSR count). The fourth-order valence-corrected chi connectivity index (χ4v) is 3.77. The van der Waals surface area contributed by atoms with E-state index in [0.717, 1.165) is 32.5 Å². The standard InChI is InChI=1S/C17H18Br2ClN/c1-3-6-21-17(12-5-4-11(2)16(20)9-12)13-7-14(18)10-15(19)8-13/h4-5,7-10,17,21H,3,6H2,1-2H3. The van der Waals surface area contributed by atoms with Gasteiger partial charge in [0.25, 0.3) is 0 Å². The third kappa shape index (κ3) is 4.56. The van der Waals surface area contributed by atoms with Crippen LogP contribution >= 0.6 is 43.5 Å². The molecular formula is C17H18Br2ClN. The molecular weight excluding hydrogens is 413 g/mol. The van der Waals surface area contributed by atoms with Crippen LogP contribution in [0.4, 0.5) is 0 Å². The number of hydrogen-bond acceptors (Lipinski definition) is 1. The average molecular weight is 432 g/mol. The van der Waals surface area contributed by atoms with Crippen molar-refractivity contribution in [2.75, 3.05) is 6.54 Å². The van der Waals surface area contributed by atoms with E-state index in [1.165, 1.54) is 11.1 Å². The van der Waals surface area contributed by atoms with Crippen LogP contribution in [-0.2, 0) is 0 Å². The summed E-state index contributed by atoms with van der Waals surface area (Å²) in [6.45, 7) is 5.15. The van der Waals surface area contributed by atoms with Gasteiger partial charge in [0, 0.05) is 14.0 Å². The molecule has 0 aromatic heterocycles. The first-order chi connectivity index (χ1) is 10.0. The van der Waals surface area contributed by atoms with Gasteiger partial charge in [0.2, 0.25) is 0 Å². The lowest BCUT2D eigenvalue weighted by Gasteiger charge is -2.21. The SMILES string of the molecule is CCCNC(c1cc(Br)cc(Br)c1)c1ccc(C)c(Cl)c1. The van der Waals surface area contributed by atoms with Crippen LogP contribution in [0.5, 0.6) is 0 Å². The van der Waals surface area contributed by atoms with Crippen molar-refractivity contribution in [1.29, 1.82) is 0 Å². The van der Waals surface area contributed by atoms with E-state index in [2.05, 4.69) is 74.4 Å². The molecule has 1 atom stereocenters. The molecule has 0 heterocycles. The molecule has 0 radical (unpaired) electrons. The number of nitrogens with one attached hydrogen (secondary N) is 1. The van der Waals surface area contributed by atoms with Gasteiger partial charge in [-0.05, 0) is 60.8 Å². The lowest BCUT2D eigenvalue weighted by Crippen LogP contribution is -2.23. The van der Waals surface area contributed by atoms with Crippen LogP contribution in [0.3, 0.4) is 0 Å². The van der Waals surface area contributed by atoms with Gasteiger partial charge in [0.15, 0.2) is 0 Å². The monoisotopic (exact) mass is 429 g/mol. The second-order valence-corrected chi connectivity index (χ2v) is 7.34. The summed E-state index contributed by atoms with van der Waals surface area (Å²) >= 11 is 13.4. The van der Waals surface area contributed by atoms with Crippen molar-refractivity contribution in [2.24, 2.45) is 0 Å². The van der Waals surface area contributed by atoms with E-state index in [0.29, 0.717) is 0 Å². The first kappa shape index (κ1) is 17.0. The Kier molecular flexibility index (Phi) is 6.30. The van der Waals surface area contributed by atoms with Crippen LogP contribution in [0.1, 0.15) is 36.1 Å². The second-order valence-electron chi connectivity index (χ2n) is 5.10. The van der Waals surface area contributed by atoms with Crippen molar-refractivity contribution in [3.8, 4) is 0 Å². The Bertz CT molecular complexity index is 608. The Morgan fingerprint density at radius 1 is 1.05 bits per heavy atom. The maximum absolute atomic E-state index is 6.30. The molecule has 21 heavy (non-hydrogen) atoms. The first-order valence-electron chi connectivity index (χ1n) is 6.96. The number of aryl methyl sites for hydroxylation is 1. The Morgan fingerprint density at radius 3 is 2.29 bits per heavy atom. The number of benzene rings is 2. The predicted octanol–water partition coefficient (Wildman–Crippen LogP) is 6.26. The molecule has 0 fully saturated rings. The lowest BCUT2D eigenvalue weighted by molar-refractivity contribution is 0.598. The molecule has 2 aromatic rings. The highest BCUT2D eigenvalue weighted by molar-refractivity contribution is 9.11. The lowest BCUT2D eigenvalue weighted by atomic mass is 9.97. The van der Waals surface area contributed by atoms with Crippen LogP contribution in [0.25, 0.3) is 0 Å². The third-order valence-electron chi connectivity index (χ3n) is 3.35. The van der Waals surface area contributed by atoms with Crippen LogP contribution in [0.2, 0.25) is 5.02 Å². The van der Waals surface area contributed by atoms with Gasteiger partial charge in [-0.15, -0.1) is 0 Å². The van der Waals surface area contributed by atoms with E-state index in [4.69, 9.17) is 11.6 Å². The maximum Gasteiger partial charge on any atom is 0.0578 e. The van der Waals surface area contributed by atoms with Gasteiger partial charge < -0.3 is 5.32 Å². The summed E-state index contributed by atoms with van der Waals surface area (Å²) in [4.78, 5) is 0. The molecule has 1 nitrogen and oxygen atoms in total. The van der Waals surface area contributed by atoms with Gasteiger partial charge in [-0.1, -0.05) is 62.5 Å². The van der Waals surface area contributed by atoms with Crippen LogP contribution in [0.15, 0.2) is 45.3 Å². The maximum atomic E-state index is 6.30. The number of halogens is 3. The van der Waals surface area contributed by atoms with Crippen molar-refractivity contribution in [2.45, 2.75) is 26.3 Å². The topological polar surface area (TPSA) is 12.0 Å². The molecule has 0 amide bonds. The van der Waals surface area contributed by atoms with E-state index >= 15 is 0 Å². The fourth-order valence-electron chi connectivity index (χ4n) is 2.25. The average Bonchev–Trinajstić information content (AvgIpc) is 2.42. The van der Waals surface area contributed by atoms with Gasteiger partial charge >= 0.3 is 0 Å². The third-order valence-corrected chi connectivity index (χ3v) is 4.67. The molecule has 0 aliphatic rings. The number of rotatable bonds is 5. The smallest absolute Gasteiger partial charge is 0.0578 e. The molecule has 0 saturated carbocycles. The highest BCUT2D eigenvalue weighted by Crippen LogP contribution is 2.30. The zero-order valence-corrected chi connectivity index (χ0v) is 16.0. The molecule has 0 spiro atoms. The molecule has 0 aliphatic heterocycles. The molecule has 4 heteroatoms.